The van der Waals surface area contributed by atoms with E-state index in [2.05, 4.69) is 10.1 Å². The molecule has 0 unspecified atom stereocenters. The van der Waals surface area contributed by atoms with Gasteiger partial charge in [0, 0.05) is 18.8 Å². The number of thiophene rings is 1. The number of nitrogens with zero attached hydrogens (tertiary/aromatic N) is 1. The molecule has 0 radical (unpaired) electrons. The second-order valence-electron chi connectivity index (χ2n) is 6.24. The van der Waals surface area contributed by atoms with Crippen LogP contribution in [0.25, 0.3) is 0 Å². The first-order chi connectivity index (χ1) is 13.0. The summed E-state index contributed by atoms with van der Waals surface area (Å²) in [5.41, 5.74) is 0.0666. The Balaban J connectivity index is 1.67. The van der Waals surface area contributed by atoms with E-state index in [9.17, 15) is 18.8 Å². The van der Waals surface area contributed by atoms with Gasteiger partial charge < -0.3 is 15.0 Å². The lowest BCUT2D eigenvalue weighted by Gasteiger charge is -2.31. The summed E-state index contributed by atoms with van der Waals surface area (Å²) in [6.45, 7) is 0.942. The molecule has 2 heterocycles. The van der Waals surface area contributed by atoms with E-state index in [0.717, 1.165) is 19.6 Å². The Bertz CT molecular complexity index is 853. The zero-order chi connectivity index (χ0) is 19.4. The quantitative estimate of drug-likeness (QED) is 0.814. The number of hydrogen-bond donors (Lipinski definition) is 1. The number of carbonyl (C=O) groups is 3. The second kappa shape index (κ2) is 8.30. The van der Waals surface area contributed by atoms with Crippen molar-refractivity contribution in [2.75, 3.05) is 25.5 Å². The number of methoxy groups -OCH3 is 1. The number of benzene rings is 1. The van der Waals surface area contributed by atoms with Crippen LogP contribution >= 0.6 is 11.3 Å². The lowest BCUT2D eigenvalue weighted by Crippen LogP contribution is -2.43. The Morgan fingerprint density at radius 2 is 2.11 bits per heavy atom. The fourth-order valence-electron chi connectivity index (χ4n) is 3.05. The molecule has 6 nitrogen and oxygen atoms in total. The maximum absolute atomic E-state index is 13.7. The predicted molar refractivity (Wildman–Crippen MR) is 99.3 cm³/mol. The molecule has 2 aromatic rings. The summed E-state index contributed by atoms with van der Waals surface area (Å²) >= 11 is 1.37. The van der Waals surface area contributed by atoms with E-state index < -0.39 is 11.8 Å². The first-order valence-corrected chi connectivity index (χ1v) is 9.39. The molecule has 1 atom stereocenters. The minimum Gasteiger partial charge on any atom is -0.465 e. The fourth-order valence-corrected chi connectivity index (χ4v) is 3.74. The van der Waals surface area contributed by atoms with E-state index in [4.69, 9.17) is 0 Å². The molecular weight excluding hydrogens is 371 g/mol. The van der Waals surface area contributed by atoms with Crippen LogP contribution < -0.4 is 5.32 Å². The number of anilines is 1. The summed E-state index contributed by atoms with van der Waals surface area (Å²) in [6, 6.07) is 7.33. The maximum Gasteiger partial charge on any atom is 0.340 e. The van der Waals surface area contributed by atoms with Gasteiger partial charge in [0.2, 0.25) is 5.91 Å². The summed E-state index contributed by atoms with van der Waals surface area (Å²) < 4.78 is 18.3. The zero-order valence-corrected chi connectivity index (χ0v) is 15.6. The highest BCUT2D eigenvalue weighted by Gasteiger charge is 2.29. The number of likely N-dealkylation sites (tertiary alicyclic amines) is 1. The molecule has 0 spiro atoms. The third kappa shape index (κ3) is 4.33. The number of ether oxygens (including phenoxy) is 1. The monoisotopic (exact) mass is 390 g/mol. The molecule has 1 aromatic heterocycles. The van der Waals surface area contributed by atoms with Crippen LogP contribution in [-0.4, -0.2) is 42.9 Å². The fraction of sp³-hybridized carbons (Fsp3) is 0.316. The number of carbonyl (C=O) groups excluding carboxylic acids is 3. The first kappa shape index (κ1) is 19.0. The van der Waals surface area contributed by atoms with Crippen LogP contribution in [0.15, 0.2) is 35.7 Å². The van der Waals surface area contributed by atoms with Crippen molar-refractivity contribution in [3.63, 3.8) is 0 Å². The molecule has 1 N–H and O–H groups in total. The molecule has 3 rings (SSSR count). The molecule has 0 saturated carbocycles. The SMILES string of the molecule is COC(=O)c1cc(NC(=O)[C@@H]2CCCN(C(=O)c3cccs3)C2)ccc1F. The first-order valence-electron chi connectivity index (χ1n) is 8.51. The Kier molecular flexibility index (Phi) is 5.85. The number of rotatable bonds is 4. The molecule has 8 heteroatoms. The van der Waals surface area contributed by atoms with Crippen molar-refractivity contribution >= 4 is 34.8 Å². The molecule has 1 fully saturated rings. The van der Waals surface area contributed by atoms with Crippen LogP contribution in [0.1, 0.15) is 32.9 Å². The van der Waals surface area contributed by atoms with Crippen molar-refractivity contribution < 1.29 is 23.5 Å². The van der Waals surface area contributed by atoms with Crippen LogP contribution in [0.3, 0.4) is 0 Å². The normalized spacial score (nSPS) is 16.7. The molecular formula is C19H19FN2O4S. The predicted octanol–water partition coefficient (Wildman–Crippen LogP) is 3.16. The molecule has 1 saturated heterocycles. The number of nitrogens with one attached hydrogen (secondary N) is 1. The molecule has 27 heavy (non-hydrogen) atoms. The van der Waals surface area contributed by atoms with Gasteiger partial charge in [-0.3, -0.25) is 9.59 Å². The maximum atomic E-state index is 13.7. The van der Waals surface area contributed by atoms with Crippen LogP contribution in [-0.2, 0) is 9.53 Å². The van der Waals surface area contributed by atoms with Gasteiger partial charge in [-0.05, 0) is 42.5 Å². The van der Waals surface area contributed by atoms with Gasteiger partial charge in [-0.15, -0.1) is 11.3 Å². The molecule has 0 bridgehead atoms. The average molecular weight is 390 g/mol. The van der Waals surface area contributed by atoms with Crippen LogP contribution in [0.2, 0.25) is 0 Å². The van der Waals surface area contributed by atoms with Crippen molar-refractivity contribution in [1.82, 2.24) is 4.90 Å². The Hall–Kier alpha value is -2.74. The Morgan fingerprint density at radius 3 is 2.81 bits per heavy atom. The van der Waals surface area contributed by atoms with Gasteiger partial charge in [0.05, 0.1) is 23.5 Å². The highest BCUT2D eigenvalue weighted by molar-refractivity contribution is 7.12. The van der Waals surface area contributed by atoms with E-state index in [1.54, 1.807) is 11.0 Å². The number of halogens is 1. The van der Waals surface area contributed by atoms with Crippen molar-refractivity contribution in [2.45, 2.75) is 12.8 Å². The third-order valence-electron chi connectivity index (χ3n) is 4.45. The lowest BCUT2D eigenvalue weighted by molar-refractivity contribution is -0.121. The van der Waals surface area contributed by atoms with Crippen LogP contribution in [0, 0.1) is 11.7 Å². The van der Waals surface area contributed by atoms with E-state index in [1.807, 2.05) is 11.4 Å². The van der Waals surface area contributed by atoms with E-state index in [0.29, 0.717) is 30.1 Å². The minimum atomic E-state index is -0.811. The highest BCUT2D eigenvalue weighted by atomic mass is 32.1. The number of hydrogen-bond acceptors (Lipinski definition) is 5. The van der Waals surface area contributed by atoms with Gasteiger partial charge in [0.25, 0.3) is 5.91 Å². The standard InChI is InChI=1S/C19H19FN2O4S/c1-26-19(25)14-10-13(6-7-15(14)20)21-17(23)12-4-2-8-22(11-12)18(24)16-5-3-9-27-16/h3,5-7,9-10,12H,2,4,8,11H2,1H3,(H,21,23)/t12-/m1/s1. The second-order valence-corrected chi connectivity index (χ2v) is 7.19. The molecule has 2 amide bonds. The van der Waals surface area contributed by atoms with Crippen molar-refractivity contribution in [1.29, 1.82) is 0 Å². The highest BCUT2D eigenvalue weighted by Crippen LogP contribution is 2.23. The number of piperidine rings is 1. The topological polar surface area (TPSA) is 75.7 Å². The van der Waals surface area contributed by atoms with E-state index >= 15 is 0 Å². The van der Waals surface area contributed by atoms with Crippen molar-refractivity contribution in [2.24, 2.45) is 5.92 Å². The summed E-state index contributed by atoms with van der Waals surface area (Å²) in [6.07, 6.45) is 1.39. The average Bonchev–Trinajstić information content (AvgIpc) is 3.23. The van der Waals surface area contributed by atoms with Gasteiger partial charge in [-0.25, -0.2) is 9.18 Å². The largest absolute Gasteiger partial charge is 0.465 e. The van der Waals surface area contributed by atoms with Crippen molar-refractivity contribution in [3.05, 3.63) is 52.0 Å². The van der Waals surface area contributed by atoms with E-state index in [1.165, 1.54) is 23.5 Å². The summed E-state index contributed by atoms with van der Waals surface area (Å²) in [5, 5.41) is 4.55. The Labute approximate surface area is 159 Å². The van der Waals surface area contributed by atoms with Gasteiger partial charge in [-0.1, -0.05) is 6.07 Å². The summed E-state index contributed by atoms with van der Waals surface area (Å²) in [7, 11) is 1.16. The number of amides is 2. The molecule has 1 aliphatic heterocycles. The minimum absolute atomic E-state index is 0.0720. The van der Waals surface area contributed by atoms with Crippen LogP contribution in [0.4, 0.5) is 10.1 Å². The third-order valence-corrected chi connectivity index (χ3v) is 5.31. The molecule has 0 aliphatic carbocycles. The lowest BCUT2D eigenvalue weighted by atomic mass is 9.96. The van der Waals surface area contributed by atoms with Crippen molar-refractivity contribution in [3.8, 4) is 0 Å². The van der Waals surface area contributed by atoms with Gasteiger partial charge in [0.15, 0.2) is 0 Å². The molecule has 1 aromatic carbocycles. The molecule has 142 valence electrons. The van der Waals surface area contributed by atoms with Gasteiger partial charge in [-0.2, -0.15) is 0 Å². The Morgan fingerprint density at radius 1 is 1.30 bits per heavy atom. The number of esters is 1. The van der Waals surface area contributed by atoms with Gasteiger partial charge >= 0.3 is 5.97 Å². The van der Waals surface area contributed by atoms with Crippen LogP contribution in [0.5, 0.6) is 0 Å². The smallest absolute Gasteiger partial charge is 0.340 e. The molecule has 1 aliphatic rings. The van der Waals surface area contributed by atoms with E-state index in [-0.39, 0.29) is 23.3 Å². The van der Waals surface area contributed by atoms with Gasteiger partial charge in [0.1, 0.15) is 5.82 Å². The summed E-state index contributed by atoms with van der Waals surface area (Å²) in [5.74, 6) is -2.23. The summed E-state index contributed by atoms with van der Waals surface area (Å²) in [4.78, 5) is 39.0. The zero-order valence-electron chi connectivity index (χ0n) is 14.7.